The third-order valence-corrected chi connectivity index (χ3v) is 8.80. The summed E-state index contributed by atoms with van der Waals surface area (Å²) in [7, 11) is 0. The van der Waals surface area contributed by atoms with Crippen molar-refractivity contribution in [2.24, 2.45) is 0 Å². The summed E-state index contributed by atoms with van der Waals surface area (Å²) in [6.45, 7) is 6.88. The highest BCUT2D eigenvalue weighted by atomic mass is 15.1. The van der Waals surface area contributed by atoms with Crippen molar-refractivity contribution in [1.29, 1.82) is 0 Å². The van der Waals surface area contributed by atoms with Gasteiger partial charge in [-0.1, -0.05) is 115 Å². The highest BCUT2D eigenvalue weighted by Crippen LogP contribution is 2.43. The van der Waals surface area contributed by atoms with E-state index in [-0.39, 0.29) is 5.54 Å². The molecule has 8 rings (SSSR count). The number of aromatic nitrogens is 1. The van der Waals surface area contributed by atoms with Crippen molar-refractivity contribution in [2.45, 2.75) is 26.3 Å². The Bertz CT molecular complexity index is 2310. The number of hydrogen-bond acceptors (Lipinski definition) is 1. The molecule has 0 aliphatic carbocycles. The van der Waals surface area contributed by atoms with Crippen LogP contribution in [-0.2, 0) is 5.54 Å². The lowest BCUT2D eigenvalue weighted by Crippen LogP contribution is -2.21. The summed E-state index contributed by atoms with van der Waals surface area (Å²) in [6.07, 6.45) is 0. The largest absolute Gasteiger partial charge is 0.335 e. The van der Waals surface area contributed by atoms with E-state index in [1.165, 1.54) is 54.5 Å². The van der Waals surface area contributed by atoms with Crippen LogP contribution < -0.4 is 4.90 Å². The van der Waals surface area contributed by atoms with Gasteiger partial charge in [0.15, 0.2) is 0 Å². The van der Waals surface area contributed by atoms with E-state index in [4.69, 9.17) is 0 Å². The molecule has 44 heavy (non-hydrogen) atoms. The first kappa shape index (κ1) is 26.3. The predicted octanol–water partition coefficient (Wildman–Crippen LogP) is 12.0. The van der Waals surface area contributed by atoms with Gasteiger partial charge in [0.25, 0.3) is 0 Å². The molecule has 0 atom stereocenters. The summed E-state index contributed by atoms with van der Waals surface area (Å²) >= 11 is 0. The molecule has 212 valence electrons. The molecule has 0 saturated carbocycles. The van der Waals surface area contributed by atoms with Crippen molar-refractivity contribution in [2.75, 3.05) is 4.90 Å². The number of nitrogens with zero attached hydrogens (tertiary/aromatic N) is 2. The van der Waals surface area contributed by atoms with Gasteiger partial charge in [-0.05, 0) is 84.5 Å². The van der Waals surface area contributed by atoms with Gasteiger partial charge in [-0.25, -0.2) is 0 Å². The van der Waals surface area contributed by atoms with Crippen molar-refractivity contribution in [1.82, 2.24) is 4.57 Å². The number of para-hydroxylation sites is 1. The second kappa shape index (κ2) is 10.1. The summed E-state index contributed by atoms with van der Waals surface area (Å²) in [5, 5.41) is 7.50. The molecule has 0 saturated heterocycles. The van der Waals surface area contributed by atoms with Crippen molar-refractivity contribution < 1.29 is 0 Å². The van der Waals surface area contributed by atoms with E-state index in [1.54, 1.807) is 0 Å². The van der Waals surface area contributed by atoms with Crippen LogP contribution in [0.2, 0.25) is 0 Å². The van der Waals surface area contributed by atoms with E-state index in [0.717, 1.165) is 17.1 Å². The first-order valence-electron chi connectivity index (χ1n) is 15.4. The van der Waals surface area contributed by atoms with E-state index in [0.29, 0.717) is 0 Å². The monoisotopic (exact) mass is 566 g/mol. The second-order valence-corrected chi connectivity index (χ2v) is 12.6. The molecule has 0 aliphatic rings. The van der Waals surface area contributed by atoms with Crippen LogP contribution in [0, 0.1) is 0 Å². The van der Waals surface area contributed by atoms with Crippen molar-refractivity contribution in [3.8, 4) is 11.1 Å². The molecule has 0 fully saturated rings. The predicted molar refractivity (Wildman–Crippen MR) is 190 cm³/mol. The molecule has 0 spiro atoms. The first-order chi connectivity index (χ1) is 21.5. The van der Waals surface area contributed by atoms with Crippen LogP contribution in [-0.4, -0.2) is 4.57 Å². The van der Waals surface area contributed by atoms with Gasteiger partial charge in [-0.2, -0.15) is 0 Å². The fourth-order valence-electron chi connectivity index (χ4n) is 6.92. The standard InChI is InChI=1S/C42H34N2/c1-42(2,3)44-40-21-10-9-19-36(40)37-26-25-33(28-41(37)44)43(39-22-12-17-30-15-7-8-18-35(30)39)32-24-23-31-16-11-20-34(38(31)27-32)29-13-5-4-6-14-29/h4-28H,1-3H3. The SMILES string of the molecule is CC(C)(C)n1c2ccccc2c2ccc(N(c3ccc4cccc(-c5ccccc5)c4c3)c3cccc4ccccc34)cc21. The van der Waals surface area contributed by atoms with Gasteiger partial charge < -0.3 is 9.47 Å². The average Bonchev–Trinajstić information content (AvgIpc) is 3.39. The molecule has 0 amide bonds. The highest BCUT2D eigenvalue weighted by Gasteiger charge is 2.23. The van der Waals surface area contributed by atoms with E-state index in [9.17, 15) is 0 Å². The zero-order valence-electron chi connectivity index (χ0n) is 25.3. The Kier molecular flexibility index (Phi) is 6.06. The lowest BCUT2D eigenvalue weighted by molar-refractivity contribution is 0.423. The number of hydrogen-bond donors (Lipinski definition) is 0. The molecule has 1 heterocycles. The zero-order valence-corrected chi connectivity index (χ0v) is 25.3. The summed E-state index contributed by atoms with van der Waals surface area (Å²) in [5.41, 5.74) is 8.33. The fraction of sp³-hybridized carbons (Fsp3) is 0.0952. The molecule has 7 aromatic carbocycles. The Morgan fingerprint density at radius 1 is 0.455 bits per heavy atom. The van der Waals surface area contributed by atoms with Crippen LogP contribution in [0.15, 0.2) is 152 Å². The maximum Gasteiger partial charge on any atom is 0.0540 e. The van der Waals surface area contributed by atoms with Crippen LogP contribution >= 0.6 is 0 Å². The fourth-order valence-corrected chi connectivity index (χ4v) is 6.92. The molecule has 8 aromatic rings. The minimum absolute atomic E-state index is 0.0855. The second-order valence-electron chi connectivity index (χ2n) is 12.6. The lowest BCUT2D eigenvalue weighted by atomic mass is 9.97. The minimum atomic E-state index is -0.0855. The minimum Gasteiger partial charge on any atom is -0.335 e. The van der Waals surface area contributed by atoms with Crippen molar-refractivity contribution >= 4 is 60.4 Å². The third kappa shape index (κ3) is 4.26. The van der Waals surface area contributed by atoms with Gasteiger partial charge in [-0.15, -0.1) is 0 Å². The maximum atomic E-state index is 2.50. The van der Waals surface area contributed by atoms with Gasteiger partial charge in [0, 0.05) is 38.6 Å². The lowest BCUT2D eigenvalue weighted by Gasteiger charge is -2.29. The van der Waals surface area contributed by atoms with Gasteiger partial charge in [0.2, 0.25) is 0 Å². The highest BCUT2D eigenvalue weighted by molar-refractivity contribution is 6.10. The van der Waals surface area contributed by atoms with Crippen LogP contribution in [0.5, 0.6) is 0 Å². The molecular weight excluding hydrogens is 532 g/mol. The van der Waals surface area contributed by atoms with Gasteiger partial charge in [0.1, 0.15) is 0 Å². The van der Waals surface area contributed by atoms with Crippen molar-refractivity contribution in [3.05, 3.63) is 152 Å². The summed E-state index contributed by atoms with van der Waals surface area (Å²) in [5.74, 6) is 0. The molecule has 1 aromatic heterocycles. The van der Waals surface area contributed by atoms with E-state index in [1.807, 2.05) is 0 Å². The summed E-state index contributed by atoms with van der Waals surface area (Å²) < 4.78 is 2.50. The number of fused-ring (bicyclic) bond motifs is 5. The molecule has 0 N–H and O–H groups in total. The van der Waals surface area contributed by atoms with Crippen LogP contribution in [0.1, 0.15) is 20.8 Å². The zero-order chi connectivity index (χ0) is 29.8. The molecule has 0 aliphatic heterocycles. The third-order valence-electron chi connectivity index (χ3n) is 8.80. The number of rotatable bonds is 4. The van der Waals surface area contributed by atoms with Crippen LogP contribution in [0.25, 0.3) is 54.5 Å². The smallest absolute Gasteiger partial charge is 0.0540 e. The van der Waals surface area contributed by atoms with Crippen molar-refractivity contribution in [3.63, 3.8) is 0 Å². The van der Waals surface area contributed by atoms with E-state index >= 15 is 0 Å². The first-order valence-corrected chi connectivity index (χ1v) is 15.4. The van der Waals surface area contributed by atoms with Crippen LogP contribution in [0.4, 0.5) is 17.1 Å². The molecular formula is C42H34N2. The molecule has 2 heteroatoms. The Morgan fingerprint density at radius 2 is 1.07 bits per heavy atom. The quantitative estimate of drug-likeness (QED) is 0.206. The molecule has 0 bridgehead atoms. The average molecular weight is 567 g/mol. The summed E-state index contributed by atoms with van der Waals surface area (Å²) in [4.78, 5) is 2.44. The molecule has 0 unspecified atom stereocenters. The molecule has 2 nitrogen and oxygen atoms in total. The Hall–Kier alpha value is -5.34. The van der Waals surface area contributed by atoms with Gasteiger partial charge >= 0.3 is 0 Å². The number of benzene rings is 7. The number of anilines is 3. The summed E-state index contributed by atoms with van der Waals surface area (Å²) in [6, 6.07) is 55.3. The topological polar surface area (TPSA) is 8.17 Å². The van der Waals surface area contributed by atoms with Crippen LogP contribution in [0.3, 0.4) is 0 Å². The Balaban J connectivity index is 1.43. The van der Waals surface area contributed by atoms with Gasteiger partial charge in [0.05, 0.1) is 11.2 Å². The Morgan fingerprint density at radius 3 is 1.89 bits per heavy atom. The van der Waals surface area contributed by atoms with Gasteiger partial charge in [-0.3, -0.25) is 0 Å². The van der Waals surface area contributed by atoms with E-state index < -0.39 is 0 Å². The van der Waals surface area contributed by atoms with E-state index in [2.05, 4.69) is 182 Å². The molecule has 0 radical (unpaired) electrons. The maximum absolute atomic E-state index is 2.50. The Labute approximate surface area is 258 Å². The normalized spacial score (nSPS) is 12.0.